The van der Waals surface area contributed by atoms with Crippen LogP contribution in [0.3, 0.4) is 0 Å². The van der Waals surface area contributed by atoms with Crippen LogP contribution in [0.15, 0.2) is 4.34 Å². The zero-order valence-electron chi connectivity index (χ0n) is 15.5. The maximum absolute atomic E-state index is 12.5. The van der Waals surface area contributed by atoms with E-state index < -0.39 is 22.2 Å². The molecule has 2 rings (SSSR count). The molecule has 142 valence electrons. The third kappa shape index (κ3) is 6.73. The molecule has 3 atom stereocenters. The molecular weight excluding hydrogens is 364 g/mol. The molecule has 7 nitrogen and oxygen atoms in total. The van der Waals surface area contributed by atoms with Crippen LogP contribution in [0.1, 0.15) is 52.5 Å². The van der Waals surface area contributed by atoms with Crippen molar-refractivity contribution in [2.75, 3.05) is 5.75 Å². The Morgan fingerprint density at radius 3 is 2.52 bits per heavy atom. The first-order chi connectivity index (χ1) is 11.4. The minimum atomic E-state index is -1.29. The molecule has 0 N–H and O–H groups in total. The summed E-state index contributed by atoms with van der Waals surface area (Å²) in [6.45, 7) is 10.9. The molecule has 9 heteroatoms. The topological polar surface area (TPSA) is 87.6 Å². The molecule has 25 heavy (non-hydrogen) atoms. The van der Waals surface area contributed by atoms with Gasteiger partial charge >= 0.3 is 5.97 Å². The maximum Gasteiger partial charge on any atom is 0.308 e. The predicted octanol–water partition coefficient (Wildman–Crippen LogP) is 2.60. The van der Waals surface area contributed by atoms with Gasteiger partial charge in [0.25, 0.3) is 0 Å². The molecular formula is C16H26N2O5S2. The molecule has 1 aromatic heterocycles. The lowest BCUT2D eigenvalue weighted by atomic mass is 10.1. The quantitative estimate of drug-likeness (QED) is 0.714. The fourth-order valence-electron chi connectivity index (χ4n) is 2.63. The Morgan fingerprint density at radius 1 is 1.32 bits per heavy atom. The van der Waals surface area contributed by atoms with E-state index in [1.54, 1.807) is 13.8 Å². The number of hydrogen-bond donors (Lipinski definition) is 0. The number of rotatable bonds is 5. The van der Waals surface area contributed by atoms with Crippen molar-refractivity contribution in [2.24, 2.45) is 0 Å². The van der Waals surface area contributed by atoms with E-state index >= 15 is 0 Å². The minimum Gasteiger partial charge on any atom is -0.460 e. The Kier molecular flexibility index (Phi) is 6.35. The van der Waals surface area contributed by atoms with Gasteiger partial charge in [0.2, 0.25) is 4.34 Å². The summed E-state index contributed by atoms with van der Waals surface area (Å²) in [5.41, 5.74) is -0.533. The van der Waals surface area contributed by atoms with Gasteiger partial charge in [-0.2, -0.15) is 0 Å². The van der Waals surface area contributed by atoms with Gasteiger partial charge in [-0.1, -0.05) is 11.3 Å². The molecule has 0 aliphatic carbocycles. The van der Waals surface area contributed by atoms with Crippen LogP contribution in [-0.4, -0.2) is 49.7 Å². The number of ether oxygens (including phenoxy) is 3. The second-order valence-corrected chi connectivity index (χ2v) is 10.4. The second kappa shape index (κ2) is 7.77. The SMILES string of the molecule is Cc1nnc(S(=O)C[C@@H]2C[C@H](CC(=O)OC(C)(C)C)OC(C)(C)O2)s1. The highest BCUT2D eigenvalue weighted by molar-refractivity contribution is 7.87. The van der Waals surface area contributed by atoms with Crippen LogP contribution < -0.4 is 0 Å². The molecule has 0 saturated carbocycles. The molecule has 1 aliphatic rings. The molecule has 0 bridgehead atoms. The smallest absolute Gasteiger partial charge is 0.308 e. The van der Waals surface area contributed by atoms with E-state index in [0.29, 0.717) is 16.5 Å². The average molecular weight is 391 g/mol. The van der Waals surface area contributed by atoms with Gasteiger partial charge in [0.1, 0.15) is 10.6 Å². The van der Waals surface area contributed by atoms with Crippen molar-refractivity contribution in [2.45, 2.75) is 82.3 Å². The Hall–Kier alpha value is -0.900. The first-order valence-corrected chi connectivity index (χ1v) is 10.3. The standard InChI is InChI=1S/C16H26N2O5S2/c1-10-17-18-14(24-10)25(20)9-12-7-11(21-16(5,6)22-12)8-13(19)23-15(2,3)4/h11-12H,7-9H2,1-6H3/t11-,12+,25?/m1/s1. The van der Waals surface area contributed by atoms with Crippen molar-refractivity contribution in [3.63, 3.8) is 0 Å². The minimum absolute atomic E-state index is 0.144. The number of carbonyl (C=O) groups excluding carboxylic acids is 1. The van der Waals surface area contributed by atoms with E-state index in [2.05, 4.69) is 10.2 Å². The van der Waals surface area contributed by atoms with Crippen LogP contribution in [0.25, 0.3) is 0 Å². The van der Waals surface area contributed by atoms with Crippen LogP contribution in [-0.2, 0) is 29.8 Å². The van der Waals surface area contributed by atoms with Crippen LogP contribution >= 0.6 is 11.3 Å². The molecule has 0 radical (unpaired) electrons. The summed E-state index contributed by atoms with van der Waals surface area (Å²) in [7, 11) is -1.29. The summed E-state index contributed by atoms with van der Waals surface area (Å²) in [6.07, 6.45) is -0.00454. The van der Waals surface area contributed by atoms with Gasteiger partial charge in [-0.15, -0.1) is 10.2 Å². The van der Waals surface area contributed by atoms with Crippen molar-refractivity contribution in [3.05, 3.63) is 5.01 Å². The van der Waals surface area contributed by atoms with Gasteiger partial charge in [0.15, 0.2) is 5.79 Å². The molecule has 0 amide bonds. The fraction of sp³-hybridized carbons (Fsp3) is 0.812. The lowest BCUT2D eigenvalue weighted by Crippen LogP contribution is -2.47. The molecule has 1 fully saturated rings. The molecule has 1 saturated heterocycles. The fourth-order valence-corrected chi connectivity index (χ4v) is 4.80. The lowest BCUT2D eigenvalue weighted by Gasteiger charge is -2.40. The number of nitrogens with zero attached hydrogens (tertiary/aromatic N) is 2. The van der Waals surface area contributed by atoms with Gasteiger partial charge in [-0.05, 0) is 41.5 Å². The predicted molar refractivity (Wildman–Crippen MR) is 94.8 cm³/mol. The number of aryl methyl sites for hydroxylation is 1. The zero-order valence-corrected chi connectivity index (χ0v) is 17.2. The average Bonchev–Trinajstić information content (AvgIpc) is 2.80. The van der Waals surface area contributed by atoms with Crippen molar-refractivity contribution < 1.29 is 23.2 Å². The van der Waals surface area contributed by atoms with E-state index in [-0.39, 0.29) is 24.6 Å². The largest absolute Gasteiger partial charge is 0.460 e. The molecule has 0 spiro atoms. The van der Waals surface area contributed by atoms with Crippen LogP contribution in [0.5, 0.6) is 0 Å². The van der Waals surface area contributed by atoms with Crippen LogP contribution in [0.4, 0.5) is 0 Å². The van der Waals surface area contributed by atoms with Gasteiger partial charge in [0.05, 0.1) is 35.2 Å². The number of aromatic nitrogens is 2. The zero-order chi connectivity index (χ0) is 18.8. The summed E-state index contributed by atoms with van der Waals surface area (Å²) in [5, 5.41) is 8.61. The maximum atomic E-state index is 12.5. The van der Waals surface area contributed by atoms with Crippen molar-refractivity contribution in [3.8, 4) is 0 Å². The normalized spacial score (nSPS) is 24.7. The highest BCUT2D eigenvalue weighted by Gasteiger charge is 2.38. The van der Waals surface area contributed by atoms with Gasteiger partial charge in [-0.25, -0.2) is 0 Å². The Labute approximate surface area is 154 Å². The number of hydrogen-bond acceptors (Lipinski definition) is 8. The third-order valence-electron chi connectivity index (χ3n) is 3.28. The summed E-state index contributed by atoms with van der Waals surface area (Å²) >= 11 is 1.32. The van der Waals surface area contributed by atoms with Gasteiger partial charge < -0.3 is 14.2 Å². The lowest BCUT2D eigenvalue weighted by molar-refractivity contribution is -0.295. The van der Waals surface area contributed by atoms with E-state index in [4.69, 9.17) is 14.2 Å². The highest BCUT2D eigenvalue weighted by Crippen LogP contribution is 2.30. The van der Waals surface area contributed by atoms with Crippen LogP contribution in [0.2, 0.25) is 0 Å². The Balaban J connectivity index is 1.97. The monoisotopic (exact) mass is 390 g/mol. The Bertz CT molecular complexity index is 639. The first-order valence-electron chi connectivity index (χ1n) is 8.19. The van der Waals surface area contributed by atoms with Crippen molar-refractivity contribution in [1.29, 1.82) is 0 Å². The summed E-state index contributed by atoms with van der Waals surface area (Å²) < 4.78 is 30.0. The molecule has 1 aromatic rings. The number of carbonyl (C=O) groups is 1. The van der Waals surface area contributed by atoms with E-state index in [9.17, 15) is 9.00 Å². The van der Waals surface area contributed by atoms with E-state index in [1.165, 1.54) is 11.3 Å². The van der Waals surface area contributed by atoms with Gasteiger partial charge in [-0.3, -0.25) is 9.00 Å². The summed E-state index contributed by atoms with van der Waals surface area (Å²) in [4.78, 5) is 12.1. The molecule has 1 unspecified atom stereocenters. The summed E-state index contributed by atoms with van der Waals surface area (Å²) in [5.74, 6) is -0.863. The molecule has 0 aromatic carbocycles. The van der Waals surface area contributed by atoms with Crippen LogP contribution in [0, 0.1) is 6.92 Å². The summed E-state index contributed by atoms with van der Waals surface area (Å²) in [6, 6.07) is 0. The second-order valence-electron chi connectivity index (χ2n) is 7.50. The van der Waals surface area contributed by atoms with E-state index in [0.717, 1.165) is 5.01 Å². The first kappa shape index (κ1) is 20.4. The van der Waals surface area contributed by atoms with Crippen molar-refractivity contribution >= 4 is 28.1 Å². The molecule has 2 heterocycles. The van der Waals surface area contributed by atoms with Gasteiger partial charge in [0, 0.05) is 6.42 Å². The number of esters is 1. The van der Waals surface area contributed by atoms with E-state index in [1.807, 2.05) is 27.7 Å². The molecule has 1 aliphatic heterocycles. The highest BCUT2D eigenvalue weighted by atomic mass is 32.2. The van der Waals surface area contributed by atoms with Crippen molar-refractivity contribution in [1.82, 2.24) is 10.2 Å². The third-order valence-corrected chi connectivity index (χ3v) is 5.87. The Morgan fingerprint density at radius 2 is 1.96 bits per heavy atom.